The molecule has 22 heavy (non-hydrogen) atoms. The van der Waals surface area contributed by atoms with Gasteiger partial charge in [-0.2, -0.15) is 5.26 Å². The molecule has 0 atom stereocenters. The van der Waals surface area contributed by atoms with Crippen molar-refractivity contribution in [2.75, 3.05) is 17.7 Å². The number of anilines is 2. The summed E-state index contributed by atoms with van der Waals surface area (Å²) in [6.45, 7) is 2.52. The highest BCUT2D eigenvalue weighted by molar-refractivity contribution is 6.04. The number of aromatic nitrogens is 1. The molecule has 2 rings (SSSR count). The zero-order valence-electron chi connectivity index (χ0n) is 12.2. The van der Waals surface area contributed by atoms with Gasteiger partial charge in [-0.15, -0.1) is 0 Å². The van der Waals surface area contributed by atoms with E-state index < -0.39 is 0 Å². The Kier molecular flexibility index (Phi) is 4.94. The first-order valence-corrected chi connectivity index (χ1v) is 6.83. The number of nitrogens with zero attached hydrogens (tertiary/aromatic N) is 2. The number of pyridine rings is 1. The fourth-order valence-electron chi connectivity index (χ4n) is 1.82. The highest BCUT2D eigenvalue weighted by atomic mass is 16.5. The number of ether oxygens (including phenoxy) is 1. The first kappa shape index (κ1) is 15.3. The number of benzene rings is 1. The van der Waals surface area contributed by atoms with Crippen molar-refractivity contribution in [2.24, 2.45) is 0 Å². The third kappa shape index (κ3) is 3.73. The predicted octanol–water partition coefficient (Wildman–Crippen LogP) is 2.58. The molecule has 1 aromatic heterocycles. The molecule has 0 bridgehead atoms. The van der Waals surface area contributed by atoms with E-state index in [0.29, 0.717) is 34.9 Å². The van der Waals surface area contributed by atoms with Crippen molar-refractivity contribution in [3.05, 3.63) is 47.8 Å². The molecule has 6 heteroatoms. The fraction of sp³-hybridized carbons (Fsp3) is 0.188. The topological polar surface area (TPSA) is 101 Å². The van der Waals surface area contributed by atoms with Gasteiger partial charge in [0.1, 0.15) is 11.8 Å². The van der Waals surface area contributed by atoms with Gasteiger partial charge in [0, 0.05) is 18.1 Å². The average Bonchev–Trinajstić information content (AvgIpc) is 2.53. The van der Waals surface area contributed by atoms with Crippen LogP contribution in [0.25, 0.3) is 0 Å². The largest absolute Gasteiger partial charge is 0.492 e. The Morgan fingerprint density at radius 1 is 1.41 bits per heavy atom. The normalized spacial score (nSPS) is 9.82. The van der Waals surface area contributed by atoms with Crippen LogP contribution in [-0.2, 0) is 0 Å². The van der Waals surface area contributed by atoms with Gasteiger partial charge in [0.2, 0.25) is 0 Å². The minimum Gasteiger partial charge on any atom is -0.492 e. The number of carbonyl (C=O) groups excluding carboxylic acids is 1. The van der Waals surface area contributed by atoms with Crippen molar-refractivity contribution in [1.82, 2.24) is 4.98 Å². The first-order chi connectivity index (χ1) is 10.6. The van der Waals surface area contributed by atoms with Gasteiger partial charge >= 0.3 is 0 Å². The molecule has 0 aliphatic carbocycles. The van der Waals surface area contributed by atoms with Crippen LogP contribution in [0.2, 0.25) is 0 Å². The molecular weight excluding hydrogens is 280 g/mol. The molecule has 0 fully saturated rings. The van der Waals surface area contributed by atoms with E-state index in [9.17, 15) is 4.79 Å². The number of hydrogen-bond acceptors (Lipinski definition) is 5. The molecule has 0 unspecified atom stereocenters. The molecule has 0 radical (unpaired) electrons. The standard InChI is InChI=1S/C16H16N4O2/c1-2-5-22-15-4-3-14(7-11(15)8-17)20-16(21)12-6-13(18)10-19-9-12/h3-4,6-7,9-10H,2,5,18H2,1H3,(H,20,21). The summed E-state index contributed by atoms with van der Waals surface area (Å²) in [5, 5.41) is 11.9. The second kappa shape index (κ2) is 7.09. The lowest BCUT2D eigenvalue weighted by atomic mass is 10.2. The van der Waals surface area contributed by atoms with E-state index in [1.165, 1.54) is 18.5 Å². The minimum absolute atomic E-state index is 0.342. The Hall–Kier alpha value is -3.07. The average molecular weight is 296 g/mol. The van der Waals surface area contributed by atoms with Crippen LogP contribution in [0.1, 0.15) is 29.3 Å². The van der Waals surface area contributed by atoms with Crippen molar-refractivity contribution >= 4 is 17.3 Å². The van der Waals surface area contributed by atoms with Gasteiger partial charge < -0.3 is 15.8 Å². The van der Waals surface area contributed by atoms with Gasteiger partial charge in [-0.25, -0.2) is 0 Å². The molecule has 0 saturated heterocycles. The summed E-state index contributed by atoms with van der Waals surface area (Å²) in [6, 6.07) is 8.52. The molecule has 0 aliphatic rings. The first-order valence-electron chi connectivity index (χ1n) is 6.83. The monoisotopic (exact) mass is 296 g/mol. The summed E-state index contributed by atoms with van der Waals surface area (Å²) >= 11 is 0. The minimum atomic E-state index is -0.342. The molecule has 3 N–H and O–H groups in total. The maximum atomic E-state index is 12.1. The molecule has 6 nitrogen and oxygen atoms in total. The maximum Gasteiger partial charge on any atom is 0.257 e. The summed E-state index contributed by atoms with van der Waals surface area (Å²) in [4.78, 5) is 16.0. The molecular formula is C16H16N4O2. The lowest BCUT2D eigenvalue weighted by molar-refractivity contribution is 0.102. The van der Waals surface area contributed by atoms with E-state index in [2.05, 4.69) is 16.4 Å². The SMILES string of the molecule is CCCOc1ccc(NC(=O)c2cncc(N)c2)cc1C#N. The predicted molar refractivity (Wildman–Crippen MR) is 83.5 cm³/mol. The van der Waals surface area contributed by atoms with Gasteiger partial charge in [0.05, 0.1) is 23.4 Å². The second-order valence-corrected chi connectivity index (χ2v) is 4.63. The van der Waals surface area contributed by atoms with Crippen LogP contribution in [0, 0.1) is 11.3 Å². The van der Waals surface area contributed by atoms with Gasteiger partial charge in [-0.1, -0.05) is 6.92 Å². The van der Waals surface area contributed by atoms with Crippen LogP contribution in [0.3, 0.4) is 0 Å². The number of carbonyl (C=O) groups is 1. The van der Waals surface area contributed by atoms with Crippen LogP contribution < -0.4 is 15.8 Å². The zero-order chi connectivity index (χ0) is 15.9. The number of nitriles is 1. The Morgan fingerprint density at radius 3 is 2.91 bits per heavy atom. The summed E-state index contributed by atoms with van der Waals surface area (Å²) in [6.07, 6.45) is 3.74. The third-order valence-electron chi connectivity index (χ3n) is 2.84. The van der Waals surface area contributed by atoms with Crippen LogP contribution >= 0.6 is 0 Å². The van der Waals surface area contributed by atoms with E-state index in [0.717, 1.165) is 6.42 Å². The Morgan fingerprint density at radius 2 is 2.23 bits per heavy atom. The summed E-state index contributed by atoms with van der Waals surface area (Å²) in [5.41, 5.74) is 7.24. The number of amides is 1. The Bertz CT molecular complexity index is 722. The van der Waals surface area contributed by atoms with Crippen molar-refractivity contribution in [3.8, 4) is 11.8 Å². The molecule has 1 aromatic carbocycles. The molecule has 0 spiro atoms. The Labute approximate surface area is 128 Å². The lowest BCUT2D eigenvalue weighted by Crippen LogP contribution is -2.12. The number of nitrogen functional groups attached to an aromatic ring is 1. The number of nitrogens with one attached hydrogen (secondary N) is 1. The van der Waals surface area contributed by atoms with Gasteiger partial charge in [0.15, 0.2) is 0 Å². The molecule has 0 saturated carbocycles. The van der Waals surface area contributed by atoms with Gasteiger partial charge in [0.25, 0.3) is 5.91 Å². The van der Waals surface area contributed by atoms with E-state index in [1.54, 1.807) is 18.2 Å². The van der Waals surface area contributed by atoms with E-state index in [1.807, 2.05) is 6.92 Å². The molecule has 0 aliphatic heterocycles. The van der Waals surface area contributed by atoms with Crippen LogP contribution in [0.5, 0.6) is 5.75 Å². The van der Waals surface area contributed by atoms with E-state index in [4.69, 9.17) is 15.7 Å². The fourth-order valence-corrected chi connectivity index (χ4v) is 1.82. The highest BCUT2D eigenvalue weighted by Crippen LogP contribution is 2.22. The number of hydrogen-bond donors (Lipinski definition) is 2. The second-order valence-electron chi connectivity index (χ2n) is 4.63. The maximum absolute atomic E-state index is 12.1. The molecule has 112 valence electrons. The molecule has 2 aromatic rings. The van der Waals surface area contributed by atoms with Crippen LogP contribution in [-0.4, -0.2) is 17.5 Å². The summed E-state index contributed by atoms with van der Waals surface area (Å²) in [5.74, 6) is 0.166. The van der Waals surface area contributed by atoms with Gasteiger partial charge in [-0.05, 0) is 30.7 Å². The number of rotatable bonds is 5. The van der Waals surface area contributed by atoms with Crippen LogP contribution in [0.15, 0.2) is 36.7 Å². The van der Waals surface area contributed by atoms with Crippen molar-refractivity contribution < 1.29 is 9.53 Å². The number of nitrogens with two attached hydrogens (primary N) is 1. The zero-order valence-corrected chi connectivity index (χ0v) is 12.2. The lowest BCUT2D eigenvalue weighted by Gasteiger charge is -2.09. The molecule has 1 amide bonds. The quantitative estimate of drug-likeness (QED) is 0.883. The van der Waals surface area contributed by atoms with Gasteiger partial charge in [-0.3, -0.25) is 9.78 Å². The smallest absolute Gasteiger partial charge is 0.257 e. The highest BCUT2D eigenvalue weighted by Gasteiger charge is 2.09. The third-order valence-corrected chi connectivity index (χ3v) is 2.84. The van der Waals surface area contributed by atoms with Crippen molar-refractivity contribution in [2.45, 2.75) is 13.3 Å². The van der Waals surface area contributed by atoms with Crippen molar-refractivity contribution in [3.63, 3.8) is 0 Å². The van der Waals surface area contributed by atoms with E-state index >= 15 is 0 Å². The van der Waals surface area contributed by atoms with Crippen molar-refractivity contribution in [1.29, 1.82) is 5.26 Å². The van der Waals surface area contributed by atoms with Crippen LogP contribution in [0.4, 0.5) is 11.4 Å². The molecule has 1 heterocycles. The Balaban J connectivity index is 2.16. The van der Waals surface area contributed by atoms with E-state index in [-0.39, 0.29) is 5.91 Å². The summed E-state index contributed by atoms with van der Waals surface area (Å²) in [7, 11) is 0. The summed E-state index contributed by atoms with van der Waals surface area (Å²) < 4.78 is 5.48.